The Kier molecular flexibility index (Phi) is 7.02. The number of hydrogen-bond acceptors (Lipinski definition) is 5. The van der Waals surface area contributed by atoms with Gasteiger partial charge in [0.1, 0.15) is 17.3 Å². The van der Waals surface area contributed by atoms with Gasteiger partial charge in [-0.3, -0.25) is 0 Å². The molecule has 2 aromatic rings. The van der Waals surface area contributed by atoms with Crippen LogP contribution in [0.4, 0.5) is 20.3 Å². The lowest BCUT2D eigenvalue weighted by molar-refractivity contribution is 0.191. The van der Waals surface area contributed by atoms with Gasteiger partial charge in [-0.25, -0.2) is 13.8 Å². The van der Waals surface area contributed by atoms with Crippen LogP contribution in [0.5, 0.6) is 0 Å². The SMILES string of the molecule is COCCN[C@H]1CC[C@H](Nc2cc(-c3cccc(NCC4(F)CC4)c3)c(F)cn2)CC1. The summed E-state index contributed by atoms with van der Waals surface area (Å²) in [5.74, 6) is 0.323. The van der Waals surface area contributed by atoms with Crippen molar-refractivity contribution < 1.29 is 13.5 Å². The molecule has 2 aliphatic rings. The number of anilines is 2. The minimum Gasteiger partial charge on any atom is -0.383 e. The van der Waals surface area contributed by atoms with Crippen molar-refractivity contribution in [3.05, 3.63) is 42.3 Å². The van der Waals surface area contributed by atoms with E-state index in [0.717, 1.165) is 50.1 Å². The topological polar surface area (TPSA) is 58.2 Å². The van der Waals surface area contributed by atoms with Gasteiger partial charge in [0.25, 0.3) is 0 Å². The van der Waals surface area contributed by atoms with Crippen LogP contribution in [0.2, 0.25) is 0 Å². The molecule has 5 nitrogen and oxygen atoms in total. The van der Waals surface area contributed by atoms with Crippen LogP contribution in [-0.4, -0.2) is 49.5 Å². The van der Waals surface area contributed by atoms with E-state index in [1.165, 1.54) is 6.20 Å². The first kappa shape index (κ1) is 22.0. The lowest BCUT2D eigenvalue weighted by Crippen LogP contribution is -2.38. The third-order valence-corrected chi connectivity index (χ3v) is 6.25. The first-order valence-corrected chi connectivity index (χ1v) is 11.2. The molecule has 0 aliphatic heterocycles. The van der Waals surface area contributed by atoms with Gasteiger partial charge in [0.15, 0.2) is 0 Å². The van der Waals surface area contributed by atoms with Crippen molar-refractivity contribution in [2.75, 3.05) is 37.4 Å². The molecule has 2 aliphatic carbocycles. The second kappa shape index (κ2) is 9.92. The summed E-state index contributed by atoms with van der Waals surface area (Å²) in [5.41, 5.74) is 0.972. The van der Waals surface area contributed by atoms with Gasteiger partial charge in [0.05, 0.1) is 12.8 Å². The number of pyridine rings is 1. The first-order valence-electron chi connectivity index (χ1n) is 11.2. The Labute approximate surface area is 183 Å². The standard InChI is InChI=1S/C24H32F2N4O/c1-31-12-11-27-18-5-7-19(8-6-18)30-23-14-21(22(25)15-28-23)17-3-2-4-20(13-17)29-16-24(26)9-10-24/h2-4,13-15,18-19,27,29H,5-12,16H2,1H3,(H,28,30)/t18-,19-. The van der Waals surface area contributed by atoms with Crippen LogP contribution >= 0.6 is 0 Å². The average Bonchev–Trinajstić information content (AvgIpc) is 3.53. The fourth-order valence-corrected chi connectivity index (χ4v) is 4.12. The van der Waals surface area contributed by atoms with E-state index in [2.05, 4.69) is 20.9 Å². The van der Waals surface area contributed by atoms with E-state index in [0.29, 0.717) is 42.9 Å². The van der Waals surface area contributed by atoms with Crippen LogP contribution in [0.1, 0.15) is 38.5 Å². The highest BCUT2D eigenvalue weighted by Crippen LogP contribution is 2.39. The molecular formula is C24H32F2N4O. The number of rotatable bonds is 10. The molecule has 7 heteroatoms. The zero-order valence-electron chi connectivity index (χ0n) is 18.1. The highest BCUT2D eigenvalue weighted by Gasteiger charge is 2.42. The monoisotopic (exact) mass is 430 g/mol. The maximum absolute atomic E-state index is 14.6. The smallest absolute Gasteiger partial charge is 0.149 e. The van der Waals surface area contributed by atoms with Crippen LogP contribution in [0, 0.1) is 5.82 Å². The van der Waals surface area contributed by atoms with E-state index in [9.17, 15) is 8.78 Å². The van der Waals surface area contributed by atoms with Crippen molar-refractivity contribution in [1.82, 2.24) is 10.3 Å². The van der Waals surface area contributed by atoms with Gasteiger partial charge in [0.2, 0.25) is 0 Å². The Morgan fingerprint density at radius 3 is 2.65 bits per heavy atom. The van der Waals surface area contributed by atoms with Gasteiger partial charge in [-0.1, -0.05) is 12.1 Å². The molecule has 168 valence electrons. The van der Waals surface area contributed by atoms with Gasteiger partial charge in [0, 0.05) is 43.5 Å². The Bertz CT molecular complexity index is 866. The number of nitrogens with zero attached hydrogens (tertiary/aromatic N) is 1. The Morgan fingerprint density at radius 1 is 1.13 bits per heavy atom. The lowest BCUT2D eigenvalue weighted by Gasteiger charge is -2.30. The van der Waals surface area contributed by atoms with E-state index in [1.807, 2.05) is 24.3 Å². The normalized spacial score (nSPS) is 22.2. The van der Waals surface area contributed by atoms with Crippen molar-refractivity contribution in [2.24, 2.45) is 0 Å². The van der Waals surface area contributed by atoms with E-state index in [1.54, 1.807) is 13.2 Å². The highest BCUT2D eigenvalue weighted by molar-refractivity contribution is 5.70. The van der Waals surface area contributed by atoms with E-state index < -0.39 is 5.67 Å². The molecule has 0 saturated heterocycles. The van der Waals surface area contributed by atoms with Gasteiger partial charge < -0.3 is 20.7 Å². The van der Waals surface area contributed by atoms with Crippen molar-refractivity contribution in [3.8, 4) is 11.1 Å². The molecule has 0 unspecified atom stereocenters. The molecular weight excluding hydrogens is 398 g/mol. The average molecular weight is 431 g/mol. The van der Waals surface area contributed by atoms with E-state index >= 15 is 0 Å². The minimum atomic E-state index is -1.08. The highest BCUT2D eigenvalue weighted by atomic mass is 19.1. The predicted octanol–water partition coefficient (Wildman–Crippen LogP) is 4.76. The Hall–Kier alpha value is -2.25. The van der Waals surface area contributed by atoms with Crippen molar-refractivity contribution in [3.63, 3.8) is 0 Å². The maximum Gasteiger partial charge on any atom is 0.149 e. The van der Waals surface area contributed by atoms with E-state index in [4.69, 9.17) is 4.74 Å². The van der Waals surface area contributed by atoms with E-state index in [-0.39, 0.29) is 5.82 Å². The van der Waals surface area contributed by atoms with Gasteiger partial charge in [-0.2, -0.15) is 0 Å². The molecule has 0 radical (unpaired) electrons. The second-order valence-corrected chi connectivity index (χ2v) is 8.77. The molecule has 31 heavy (non-hydrogen) atoms. The van der Waals surface area contributed by atoms with Crippen LogP contribution in [0.15, 0.2) is 36.5 Å². The van der Waals surface area contributed by atoms with Gasteiger partial charge >= 0.3 is 0 Å². The molecule has 4 rings (SSSR count). The zero-order valence-corrected chi connectivity index (χ0v) is 18.1. The minimum absolute atomic E-state index is 0.297. The third-order valence-electron chi connectivity index (χ3n) is 6.25. The molecule has 0 bridgehead atoms. The number of halogens is 2. The summed E-state index contributed by atoms with van der Waals surface area (Å²) in [5, 5.41) is 10.1. The molecule has 0 amide bonds. The Morgan fingerprint density at radius 2 is 1.90 bits per heavy atom. The van der Waals surface area contributed by atoms with Crippen LogP contribution in [0.3, 0.4) is 0 Å². The third kappa shape index (κ3) is 6.14. The van der Waals surface area contributed by atoms with Gasteiger partial charge in [-0.15, -0.1) is 0 Å². The summed E-state index contributed by atoms with van der Waals surface area (Å²) < 4.78 is 33.6. The number of hydrogen-bond donors (Lipinski definition) is 3. The summed E-state index contributed by atoms with van der Waals surface area (Å²) in [7, 11) is 1.71. The van der Waals surface area contributed by atoms with Crippen LogP contribution in [-0.2, 0) is 4.74 Å². The second-order valence-electron chi connectivity index (χ2n) is 8.77. The molecule has 2 fully saturated rings. The number of methoxy groups -OCH3 is 1. The number of nitrogens with one attached hydrogen (secondary N) is 3. The number of alkyl halides is 1. The summed E-state index contributed by atoms with van der Waals surface area (Å²) in [6.45, 7) is 1.90. The van der Waals surface area contributed by atoms with Gasteiger partial charge in [-0.05, 0) is 62.3 Å². The molecule has 0 spiro atoms. The maximum atomic E-state index is 14.6. The van der Waals surface area contributed by atoms with Crippen LogP contribution < -0.4 is 16.0 Å². The molecule has 0 atom stereocenters. The largest absolute Gasteiger partial charge is 0.383 e. The lowest BCUT2D eigenvalue weighted by atomic mass is 9.91. The molecule has 2 saturated carbocycles. The van der Waals surface area contributed by atoms with Crippen molar-refractivity contribution >= 4 is 11.5 Å². The zero-order chi connectivity index (χ0) is 21.7. The summed E-state index contributed by atoms with van der Waals surface area (Å²) in [4.78, 5) is 4.25. The quantitative estimate of drug-likeness (QED) is 0.475. The summed E-state index contributed by atoms with van der Waals surface area (Å²) in [6, 6.07) is 10.1. The molecule has 1 heterocycles. The van der Waals surface area contributed by atoms with Crippen LogP contribution in [0.25, 0.3) is 11.1 Å². The number of aromatic nitrogens is 1. The number of benzene rings is 1. The number of ether oxygens (including phenoxy) is 1. The molecule has 1 aromatic heterocycles. The summed E-state index contributed by atoms with van der Waals surface area (Å²) in [6.07, 6.45) is 6.78. The fourth-order valence-electron chi connectivity index (χ4n) is 4.12. The molecule has 3 N–H and O–H groups in total. The van der Waals surface area contributed by atoms with Crippen molar-refractivity contribution in [1.29, 1.82) is 0 Å². The first-order chi connectivity index (χ1) is 15.0. The Balaban J connectivity index is 1.36. The molecule has 1 aromatic carbocycles. The summed E-state index contributed by atoms with van der Waals surface area (Å²) >= 11 is 0. The predicted molar refractivity (Wildman–Crippen MR) is 121 cm³/mol. The fraction of sp³-hybridized carbons (Fsp3) is 0.542. The van der Waals surface area contributed by atoms with Crippen molar-refractivity contribution in [2.45, 2.75) is 56.3 Å².